The van der Waals surface area contributed by atoms with Crippen LogP contribution in [0.2, 0.25) is 5.02 Å². The monoisotopic (exact) mass is 466 g/mol. The highest BCUT2D eigenvalue weighted by atomic mass is 35.5. The predicted octanol–water partition coefficient (Wildman–Crippen LogP) is 6.83. The maximum absolute atomic E-state index is 12.8. The highest BCUT2D eigenvalue weighted by molar-refractivity contribution is 6.31. The van der Waals surface area contributed by atoms with Crippen molar-refractivity contribution in [3.63, 3.8) is 0 Å². The van der Waals surface area contributed by atoms with Crippen LogP contribution < -0.4 is 9.47 Å². The number of ether oxygens (including phenoxy) is 2. The van der Waals surface area contributed by atoms with Crippen LogP contribution in [0.5, 0.6) is 11.5 Å². The van der Waals surface area contributed by atoms with Gasteiger partial charge in [0.1, 0.15) is 23.9 Å². The van der Waals surface area contributed by atoms with Gasteiger partial charge in [0, 0.05) is 27.8 Å². The van der Waals surface area contributed by atoms with Crippen LogP contribution in [0.15, 0.2) is 59.4 Å². The first-order valence-electron chi connectivity index (χ1n) is 10.1. The molecule has 1 aliphatic rings. The van der Waals surface area contributed by atoms with Crippen LogP contribution in [0.4, 0.5) is 13.2 Å². The summed E-state index contributed by atoms with van der Waals surface area (Å²) in [6, 6.07) is 12.3. The van der Waals surface area contributed by atoms with Crippen molar-refractivity contribution in [3.05, 3.63) is 75.5 Å². The van der Waals surface area contributed by atoms with E-state index in [9.17, 15) is 23.1 Å². The smallest absolute Gasteiger partial charge is 0.454 e. The molecule has 0 aliphatic heterocycles. The fourth-order valence-electron chi connectivity index (χ4n) is 3.39. The van der Waals surface area contributed by atoms with E-state index < -0.39 is 23.3 Å². The molecule has 0 heterocycles. The second kappa shape index (κ2) is 10.1. The summed E-state index contributed by atoms with van der Waals surface area (Å²) in [5.41, 5.74) is 1.03. The number of alkyl halides is 3. The maximum Gasteiger partial charge on any atom is 0.454 e. The molecule has 170 valence electrons. The average Bonchev–Trinajstić information content (AvgIpc) is 2.75. The standard InChI is InChI=1S/C24H22ClF3O4/c1-2-31-21-13-18(32-14-17-6-3-4-9-20(17)25)11-10-15(21)12-16-7-5-8-19(22(16)29)23(30)24(26,27)28/h3-4,6,9-13,29H,2,5,7-8,14H2,1H3/b16-12-. The molecular formula is C24H22ClF3O4. The van der Waals surface area contributed by atoms with Crippen molar-refractivity contribution < 1.29 is 32.5 Å². The summed E-state index contributed by atoms with van der Waals surface area (Å²) < 4.78 is 50.0. The topological polar surface area (TPSA) is 55.8 Å². The lowest BCUT2D eigenvalue weighted by Crippen LogP contribution is -2.27. The molecule has 0 spiro atoms. The molecule has 32 heavy (non-hydrogen) atoms. The third-order valence-electron chi connectivity index (χ3n) is 4.96. The van der Waals surface area contributed by atoms with Crippen molar-refractivity contribution in [2.24, 2.45) is 0 Å². The molecule has 4 nitrogen and oxygen atoms in total. The number of ketones is 1. The van der Waals surface area contributed by atoms with E-state index in [0.29, 0.717) is 41.5 Å². The molecule has 0 unspecified atom stereocenters. The first-order valence-corrected chi connectivity index (χ1v) is 10.5. The molecule has 2 aromatic rings. The minimum absolute atomic E-state index is 0.116. The number of carbonyl (C=O) groups is 1. The molecule has 0 saturated carbocycles. The van der Waals surface area contributed by atoms with Gasteiger partial charge in [0.25, 0.3) is 5.78 Å². The fourth-order valence-corrected chi connectivity index (χ4v) is 3.58. The molecule has 0 saturated heterocycles. The predicted molar refractivity (Wildman–Crippen MR) is 116 cm³/mol. The molecule has 0 bridgehead atoms. The number of Topliss-reactive ketones (excluding diaryl/α,β-unsaturated/α-hetero) is 1. The Morgan fingerprint density at radius 1 is 1.16 bits per heavy atom. The Morgan fingerprint density at radius 2 is 1.91 bits per heavy atom. The Labute approximate surface area is 188 Å². The van der Waals surface area contributed by atoms with Crippen LogP contribution in [0.25, 0.3) is 6.08 Å². The second-order valence-electron chi connectivity index (χ2n) is 7.19. The summed E-state index contributed by atoms with van der Waals surface area (Å²) in [6.07, 6.45) is -2.93. The number of carbonyl (C=O) groups excluding carboxylic acids is 1. The molecule has 0 amide bonds. The third kappa shape index (κ3) is 5.65. The molecule has 0 fully saturated rings. The SMILES string of the molecule is CCOc1cc(OCc2ccccc2Cl)ccc1/C=C1/CCCC(C(=O)C(F)(F)F)=C1O. The van der Waals surface area contributed by atoms with E-state index in [2.05, 4.69) is 0 Å². The van der Waals surface area contributed by atoms with Crippen LogP contribution >= 0.6 is 11.6 Å². The van der Waals surface area contributed by atoms with E-state index in [1.807, 2.05) is 18.2 Å². The zero-order valence-electron chi connectivity index (χ0n) is 17.3. The number of allylic oxidation sites excluding steroid dienone is 2. The Morgan fingerprint density at radius 3 is 2.59 bits per heavy atom. The number of halogens is 4. The lowest BCUT2D eigenvalue weighted by atomic mass is 9.89. The van der Waals surface area contributed by atoms with Gasteiger partial charge >= 0.3 is 6.18 Å². The number of hydrogen-bond donors (Lipinski definition) is 1. The van der Waals surface area contributed by atoms with E-state index in [0.717, 1.165) is 5.56 Å². The van der Waals surface area contributed by atoms with Gasteiger partial charge in [0.15, 0.2) is 0 Å². The van der Waals surface area contributed by atoms with Gasteiger partial charge in [-0.25, -0.2) is 0 Å². The van der Waals surface area contributed by atoms with Gasteiger partial charge in [-0.1, -0.05) is 29.8 Å². The first-order chi connectivity index (χ1) is 15.2. The van der Waals surface area contributed by atoms with Gasteiger partial charge in [-0.3, -0.25) is 4.79 Å². The molecule has 0 aromatic heterocycles. The second-order valence-corrected chi connectivity index (χ2v) is 7.60. The van der Waals surface area contributed by atoms with Crippen molar-refractivity contribution >= 4 is 23.5 Å². The van der Waals surface area contributed by atoms with Crippen LogP contribution in [0.3, 0.4) is 0 Å². The zero-order valence-corrected chi connectivity index (χ0v) is 18.1. The summed E-state index contributed by atoms with van der Waals surface area (Å²) >= 11 is 6.15. The van der Waals surface area contributed by atoms with Crippen molar-refractivity contribution in [2.45, 2.75) is 39.0 Å². The highest BCUT2D eigenvalue weighted by Crippen LogP contribution is 2.36. The fraction of sp³-hybridized carbons (Fsp3) is 0.292. The Kier molecular flexibility index (Phi) is 7.51. The van der Waals surface area contributed by atoms with E-state index in [4.69, 9.17) is 21.1 Å². The molecule has 3 rings (SSSR count). The minimum Gasteiger partial charge on any atom is -0.507 e. The number of aliphatic hydroxyl groups excluding tert-OH is 1. The maximum atomic E-state index is 12.8. The molecule has 1 N–H and O–H groups in total. The number of benzene rings is 2. The Hall–Kier alpha value is -2.93. The Balaban J connectivity index is 1.88. The summed E-state index contributed by atoms with van der Waals surface area (Å²) in [6.45, 7) is 2.40. The van der Waals surface area contributed by atoms with E-state index in [1.54, 1.807) is 37.3 Å². The number of aliphatic hydroxyl groups is 1. The average molecular weight is 467 g/mol. The third-order valence-corrected chi connectivity index (χ3v) is 5.33. The summed E-state index contributed by atoms with van der Waals surface area (Å²) in [7, 11) is 0. The van der Waals surface area contributed by atoms with E-state index in [1.165, 1.54) is 0 Å². The van der Waals surface area contributed by atoms with Crippen LogP contribution in [-0.4, -0.2) is 23.7 Å². The summed E-state index contributed by atoms with van der Waals surface area (Å²) in [5, 5.41) is 10.9. The Bertz CT molecular complexity index is 1060. The van der Waals surface area contributed by atoms with Crippen molar-refractivity contribution in [2.75, 3.05) is 6.61 Å². The van der Waals surface area contributed by atoms with Gasteiger partial charge in [0.05, 0.1) is 6.61 Å². The molecule has 2 aromatic carbocycles. The lowest BCUT2D eigenvalue weighted by molar-refractivity contribution is -0.167. The minimum atomic E-state index is -5.02. The normalized spacial score (nSPS) is 15.7. The zero-order chi connectivity index (χ0) is 23.3. The van der Waals surface area contributed by atoms with Gasteiger partial charge in [-0.05, 0) is 56.0 Å². The van der Waals surface area contributed by atoms with Gasteiger partial charge in [0.2, 0.25) is 0 Å². The van der Waals surface area contributed by atoms with Gasteiger partial charge < -0.3 is 14.6 Å². The number of hydrogen-bond acceptors (Lipinski definition) is 4. The van der Waals surface area contributed by atoms with Crippen LogP contribution in [-0.2, 0) is 11.4 Å². The molecule has 8 heteroatoms. The molecule has 0 radical (unpaired) electrons. The van der Waals surface area contributed by atoms with Crippen LogP contribution in [0.1, 0.15) is 37.3 Å². The summed E-state index contributed by atoms with van der Waals surface area (Å²) in [4.78, 5) is 11.6. The van der Waals surface area contributed by atoms with Gasteiger partial charge in [-0.2, -0.15) is 13.2 Å². The molecule has 1 aliphatic carbocycles. The lowest BCUT2D eigenvalue weighted by Gasteiger charge is -2.20. The quantitative estimate of drug-likeness (QED) is 0.486. The number of rotatable bonds is 7. The van der Waals surface area contributed by atoms with Crippen molar-refractivity contribution in [1.82, 2.24) is 0 Å². The highest BCUT2D eigenvalue weighted by Gasteiger charge is 2.42. The van der Waals surface area contributed by atoms with E-state index >= 15 is 0 Å². The molecule has 0 atom stereocenters. The first kappa shape index (κ1) is 23.7. The molecular weight excluding hydrogens is 445 g/mol. The van der Waals surface area contributed by atoms with Crippen LogP contribution in [0, 0.1) is 0 Å². The van der Waals surface area contributed by atoms with E-state index in [-0.39, 0.29) is 18.6 Å². The van der Waals surface area contributed by atoms with Crippen molar-refractivity contribution in [1.29, 1.82) is 0 Å². The van der Waals surface area contributed by atoms with Crippen molar-refractivity contribution in [3.8, 4) is 11.5 Å². The van der Waals surface area contributed by atoms with Gasteiger partial charge in [-0.15, -0.1) is 0 Å². The largest absolute Gasteiger partial charge is 0.507 e. The summed E-state index contributed by atoms with van der Waals surface area (Å²) in [5.74, 6) is -1.65.